The van der Waals surface area contributed by atoms with Crippen LogP contribution in [0.4, 0.5) is 17.1 Å². The summed E-state index contributed by atoms with van der Waals surface area (Å²) in [5, 5.41) is 9.92. The standard InChI is InChI=1S/C54H35NS/c1-2-15-36(16-3-1)40-32-33-49(48(35-40)44-26-12-20-37-17-4-7-22-41(37)44)55(51-29-14-28-47-45-25-10-11-30-52(45)56-54(47)51)50-34-31-39-19-6-9-24-43(39)53(50)46-27-13-21-38-18-5-8-23-42(38)46/h1-35H. The number of anilines is 3. The van der Waals surface area contributed by atoms with Crippen LogP contribution in [0.25, 0.3) is 85.9 Å². The molecule has 0 N–H and O–H groups in total. The summed E-state index contributed by atoms with van der Waals surface area (Å²) >= 11 is 1.88. The molecule has 10 aromatic carbocycles. The van der Waals surface area contributed by atoms with Gasteiger partial charge in [0.2, 0.25) is 0 Å². The summed E-state index contributed by atoms with van der Waals surface area (Å²) in [6, 6.07) is 78.0. The number of benzene rings is 10. The molecule has 0 unspecified atom stereocenters. The van der Waals surface area contributed by atoms with Gasteiger partial charge in [-0.05, 0) is 84.9 Å². The highest BCUT2D eigenvalue weighted by atomic mass is 32.1. The number of nitrogens with zero attached hydrogens (tertiary/aromatic N) is 1. The summed E-state index contributed by atoms with van der Waals surface area (Å²) in [4.78, 5) is 2.56. The van der Waals surface area contributed by atoms with Gasteiger partial charge in [-0.2, -0.15) is 0 Å². The van der Waals surface area contributed by atoms with Crippen molar-refractivity contribution in [2.75, 3.05) is 4.90 Å². The van der Waals surface area contributed by atoms with E-state index in [2.05, 4.69) is 217 Å². The topological polar surface area (TPSA) is 3.24 Å². The van der Waals surface area contributed by atoms with E-state index in [-0.39, 0.29) is 0 Å². The Bertz CT molecular complexity index is 3260. The quantitative estimate of drug-likeness (QED) is 0.165. The minimum Gasteiger partial charge on any atom is -0.308 e. The van der Waals surface area contributed by atoms with Gasteiger partial charge in [0.15, 0.2) is 0 Å². The first-order valence-corrected chi connectivity index (χ1v) is 20.0. The van der Waals surface area contributed by atoms with E-state index in [1.165, 1.54) is 85.9 Å². The summed E-state index contributed by atoms with van der Waals surface area (Å²) in [5.41, 5.74) is 10.6. The Morgan fingerprint density at radius 2 is 0.857 bits per heavy atom. The van der Waals surface area contributed by atoms with Crippen molar-refractivity contribution in [3.63, 3.8) is 0 Å². The normalized spacial score (nSPS) is 11.6. The summed E-state index contributed by atoms with van der Waals surface area (Å²) in [6.45, 7) is 0. The fourth-order valence-corrected chi connectivity index (χ4v) is 9.89. The van der Waals surface area contributed by atoms with Crippen LogP contribution < -0.4 is 4.90 Å². The number of hydrogen-bond acceptors (Lipinski definition) is 2. The molecule has 56 heavy (non-hydrogen) atoms. The van der Waals surface area contributed by atoms with Gasteiger partial charge < -0.3 is 4.90 Å². The predicted octanol–water partition coefficient (Wildman–Crippen LogP) is 16.0. The van der Waals surface area contributed by atoms with Crippen LogP contribution in [0.2, 0.25) is 0 Å². The minimum absolute atomic E-state index is 1.13. The monoisotopic (exact) mass is 729 g/mol. The zero-order chi connectivity index (χ0) is 37.0. The highest BCUT2D eigenvalue weighted by Gasteiger charge is 2.26. The van der Waals surface area contributed by atoms with Gasteiger partial charge in [0.1, 0.15) is 0 Å². The Kier molecular flexibility index (Phi) is 7.75. The van der Waals surface area contributed by atoms with Crippen LogP contribution >= 0.6 is 11.3 Å². The lowest BCUT2D eigenvalue weighted by Gasteiger charge is -2.31. The average molecular weight is 730 g/mol. The summed E-state index contributed by atoms with van der Waals surface area (Å²) in [7, 11) is 0. The molecule has 0 saturated heterocycles. The Labute approximate surface area is 330 Å². The highest BCUT2D eigenvalue weighted by Crippen LogP contribution is 2.52. The second-order valence-electron chi connectivity index (χ2n) is 14.4. The number of thiophene rings is 1. The molecule has 0 amide bonds. The van der Waals surface area contributed by atoms with E-state index in [9.17, 15) is 0 Å². The van der Waals surface area contributed by atoms with E-state index < -0.39 is 0 Å². The van der Waals surface area contributed by atoms with Crippen LogP contribution in [0.5, 0.6) is 0 Å². The van der Waals surface area contributed by atoms with Gasteiger partial charge in [0, 0.05) is 26.6 Å². The Hall–Kier alpha value is -7.00. The van der Waals surface area contributed by atoms with Crippen LogP contribution in [0.1, 0.15) is 0 Å². The van der Waals surface area contributed by atoms with Crippen molar-refractivity contribution in [2.45, 2.75) is 0 Å². The van der Waals surface area contributed by atoms with Gasteiger partial charge in [0.25, 0.3) is 0 Å². The second kappa shape index (κ2) is 13.4. The van der Waals surface area contributed by atoms with E-state index in [1.807, 2.05) is 11.3 Å². The zero-order valence-electron chi connectivity index (χ0n) is 30.6. The molecule has 0 spiro atoms. The Morgan fingerprint density at radius 1 is 0.304 bits per heavy atom. The lowest BCUT2D eigenvalue weighted by molar-refractivity contribution is 1.31. The molecule has 0 aliphatic rings. The van der Waals surface area contributed by atoms with Gasteiger partial charge >= 0.3 is 0 Å². The van der Waals surface area contributed by atoms with Crippen molar-refractivity contribution in [2.24, 2.45) is 0 Å². The first-order valence-electron chi connectivity index (χ1n) is 19.2. The Morgan fingerprint density at radius 3 is 1.62 bits per heavy atom. The molecule has 11 rings (SSSR count). The smallest absolute Gasteiger partial charge is 0.0640 e. The molecule has 11 aromatic rings. The third kappa shape index (κ3) is 5.30. The molecular formula is C54H35NS. The summed E-state index contributed by atoms with van der Waals surface area (Å²) < 4.78 is 2.55. The largest absolute Gasteiger partial charge is 0.308 e. The second-order valence-corrected chi connectivity index (χ2v) is 15.5. The molecule has 0 saturated carbocycles. The molecule has 262 valence electrons. The van der Waals surface area contributed by atoms with Crippen LogP contribution in [0.3, 0.4) is 0 Å². The molecule has 1 nitrogen and oxygen atoms in total. The zero-order valence-corrected chi connectivity index (χ0v) is 31.4. The van der Waals surface area contributed by atoms with Crippen molar-refractivity contribution >= 4 is 80.9 Å². The molecule has 0 radical (unpaired) electrons. The number of rotatable bonds is 6. The van der Waals surface area contributed by atoms with E-state index >= 15 is 0 Å². The number of hydrogen-bond donors (Lipinski definition) is 0. The van der Waals surface area contributed by atoms with Crippen molar-refractivity contribution in [3.05, 3.63) is 212 Å². The average Bonchev–Trinajstić information content (AvgIpc) is 3.66. The molecule has 2 heteroatoms. The molecule has 0 aliphatic heterocycles. The van der Waals surface area contributed by atoms with Gasteiger partial charge in [-0.3, -0.25) is 0 Å². The highest BCUT2D eigenvalue weighted by molar-refractivity contribution is 7.26. The number of fused-ring (bicyclic) bond motifs is 6. The van der Waals surface area contributed by atoms with Crippen molar-refractivity contribution in [3.8, 4) is 33.4 Å². The van der Waals surface area contributed by atoms with Crippen molar-refractivity contribution in [1.29, 1.82) is 0 Å². The van der Waals surface area contributed by atoms with Crippen LogP contribution in [0.15, 0.2) is 212 Å². The SMILES string of the molecule is c1ccc(-c2ccc(N(c3ccc4ccccc4c3-c3cccc4ccccc34)c3cccc4c3sc3ccccc34)c(-c3cccc4ccccc34)c2)cc1. The van der Waals surface area contributed by atoms with Crippen molar-refractivity contribution in [1.82, 2.24) is 0 Å². The minimum atomic E-state index is 1.13. The first kappa shape index (κ1) is 32.4. The molecule has 0 atom stereocenters. The van der Waals surface area contributed by atoms with Crippen LogP contribution in [0, 0.1) is 0 Å². The maximum atomic E-state index is 2.56. The molecule has 1 aromatic heterocycles. The maximum absolute atomic E-state index is 2.56. The molecule has 0 fully saturated rings. The fraction of sp³-hybridized carbons (Fsp3) is 0. The first-order chi connectivity index (χ1) is 27.8. The summed E-state index contributed by atoms with van der Waals surface area (Å²) in [5.74, 6) is 0. The van der Waals surface area contributed by atoms with E-state index in [0.29, 0.717) is 0 Å². The van der Waals surface area contributed by atoms with E-state index in [4.69, 9.17) is 0 Å². The molecule has 1 heterocycles. The molecule has 0 bridgehead atoms. The van der Waals surface area contributed by atoms with Crippen molar-refractivity contribution < 1.29 is 0 Å². The predicted molar refractivity (Wildman–Crippen MR) is 243 cm³/mol. The van der Waals surface area contributed by atoms with Crippen LogP contribution in [-0.4, -0.2) is 0 Å². The third-order valence-electron chi connectivity index (χ3n) is 11.3. The maximum Gasteiger partial charge on any atom is 0.0640 e. The lowest BCUT2D eigenvalue weighted by Crippen LogP contribution is -2.13. The van der Waals surface area contributed by atoms with E-state index in [1.54, 1.807) is 0 Å². The van der Waals surface area contributed by atoms with E-state index in [0.717, 1.165) is 17.1 Å². The van der Waals surface area contributed by atoms with Gasteiger partial charge in [-0.15, -0.1) is 11.3 Å². The molecule has 0 aliphatic carbocycles. The molecular weight excluding hydrogens is 695 g/mol. The third-order valence-corrected chi connectivity index (χ3v) is 12.5. The Balaban J connectivity index is 1.30. The van der Waals surface area contributed by atoms with Crippen LogP contribution in [-0.2, 0) is 0 Å². The lowest BCUT2D eigenvalue weighted by atomic mass is 9.90. The van der Waals surface area contributed by atoms with Gasteiger partial charge in [-0.1, -0.05) is 182 Å². The van der Waals surface area contributed by atoms with Gasteiger partial charge in [0.05, 0.1) is 21.8 Å². The fourth-order valence-electron chi connectivity index (χ4n) is 8.69. The van der Waals surface area contributed by atoms with Gasteiger partial charge in [-0.25, -0.2) is 0 Å². The summed E-state index contributed by atoms with van der Waals surface area (Å²) in [6.07, 6.45) is 0.